The molecule has 0 bridgehead atoms. The molecule has 0 saturated heterocycles. The highest BCUT2D eigenvalue weighted by Crippen LogP contribution is 2.43. The highest BCUT2D eigenvalue weighted by molar-refractivity contribution is 7.47. The number of allylic oxidation sites excluding steroid dienone is 10. The summed E-state index contributed by atoms with van der Waals surface area (Å²) < 4.78 is 35.2. The lowest BCUT2D eigenvalue weighted by Gasteiger charge is -2.24. The van der Waals surface area contributed by atoms with Gasteiger partial charge in [0, 0.05) is 13.0 Å². The summed E-state index contributed by atoms with van der Waals surface area (Å²) in [6, 6.07) is 0. The lowest BCUT2D eigenvalue weighted by atomic mass is 10.0. The van der Waals surface area contributed by atoms with Gasteiger partial charge in [-0.15, -0.1) is 0 Å². The van der Waals surface area contributed by atoms with E-state index in [-0.39, 0.29) is 25.8 Å². The van der Waals surface area contributed by atoms with E-state index in [1.165, 1.54) is 154 Å². The Hall–Kier alpha value is -1.80. The molecule has 0 aromatic carbocycles. The zero-order valence-corrected chi connectivity index (χ0v) is 44.1. The van der Waals surface area contributed by atoms with E-state index in [0.29, 0.717) is 24.1 Å². The van der Waals surface area contributed by atoms with Crippen molar-refractivity contribution in [2.24, 2.45) is 0 Å². The van der Waals surface area contributed by atoms with Crippen molar-refractivity contribution < 1.29 is 37.3 Å². The molecule has 0 rings (SSSR count). The highest BCUT2D eigenvalue weighted by atomic mass is 31.2. The summed E-state index contributed by atoms with van der Waals surface area (Å²) in [5, 5.41) is 0. The smallest absolute Gasteiger partial charge is 0.457 e. The van der Waals surface area contributed by atoms with Crippen LogP contribution in [0.25, 0.3) is 0 Å². The first kappa shape index (κ1) is 63.2. The molecule has 9 heteroatoms. The molecule has 0 aliphatic rings. The Kier molecular flexibility index (Phi) is 47.3. The lowest BCUT2D eigenvalue weighted by molar-refractivity contribution is -0.870. The second-order valence-corrected chi connectivity index (χ2v) is 20.7. The standard InChI is InChI=1S/C56H104NO7P/c1-6-8-10-12-14-16-18-20-22-24-26-27-28-29-30-31-32-33-35-37-39-41-43-45-47-49-56(58)64-55(54-63-65(59,60)62-52-50-57(3,4)5)53-61-51-48-46-44-42-40-38-36-34-25-23-21-19-17-15-13-11-9-7-2/h9,11,15,17-18,20-21,23-24,26,55H,6-8,10,12-14,16,19,22,25,27-54H2,1-5H3/p+1/b11-9-,17-15-,20-18-,23-21-,26-24-. The monoisotopic (exact) mass is 935 g/mol. The molecule has 0 spiro atoms. The molecule has 0 aliphatic heterocycles. The fourth-order valence-corrected chi connectivity index (χ4v) is 8.16. The Bertz CT molecular complexity index is 1220. The molecule has 0 fully saturated rings. The minimum Gasteiger partial charge on any atom is -0.457 e. The molecule has 0 saturated carbocycles. The van der Waals surface area contributed by atoms with Crippen LogP contribution in [0.3, 0.4) is 0 Å². The molecule has 0 aromatic heterocycles. The molecule has 0 heterocycles. The van der Waals surface area contributed by atoms with E-state index >= 15 is 0 Å². The van der Waals surface area contributed by atoms with Crippen LogP contribution in [0.2, 0.25) is 0 Å². The van der Waals surface area contributed by atoms with Crippen molar-refractivity contribution in [2.75, 3.05) is 54.1 Å². The van der Waals surface area contributed by atoms with Crippen LogP contribution in [0.5, 0.6) is 0 Å². The molecule has 0 amide bonds. The predicted octanol–water partition coefficient (Wildman–Crippen LogP) is 16.8. The zero-order valence-electron chi connectivity index (χ0n) is 43.2. The van der Waals surface area contributed by atoms with E-state index in [9.17, 15) is 14.3 Å². The molecule has 2 unspecified atom stereocenters. The van der Waals surface area contributed by atoms with Crippen LogP contribution in [0.4, 0.5) is 0 Å². The number of quaternary nitrogens is 1. The van der Waals surface area contributed by atoms with Crippen LogP contribution in [-0.4, -0.2) is 75.6 Å². The van der Waals surface area contributed by atoms with Gasteiger partial charge in [-0.3, -0.25) is 13.8 Å². The topological polar surface area (TPSA) is 91.3 Å². The van der Waals surface area contributed by atoms with Crippen LogP contribution in [0.1, 0.15) is 232 Å². The number of carbonyl (C=O) groups excluding carboxylic acids is 1. The third kappa shape index (κ3) is 53.0. The van der Waals surface area contributed by atoms with Crippen molar-refractivity contribution in [3.05, 3.63) is 60.8 Å². The molecule has 8 nitrogen and oxygen atoms in total. The number of unbranched alkanes of at least 4 members (excludes halogenated alkanes) is 26. The van der Waals surface area contributed by atoms with Gasteiger partial charge in [0.15, 0.2) is 0 Å². The Morgan fingerprint density at radius 2 is 0.892 bits per heavy atom. The molecule has 1 N–H and O–H groups in total. The Balaban J connectivity index is 4.10. The van der Waals surface area contributed by atoms with Gasteiger partial charge in [-0.1, -0.05) is 209 Å². The number of hydrogen-bond donors (Lipinski definition) is 1. The van der Waals surface area contributed by atoms with Crippen molar-refractivity contribution in [2.45, 2.75) is 238 Å². The summed E-state index contributed by atoms with van der Waals surface area (Å²) in [5.74, 6) is -0.317. The van der Waals surface area contributed by atoms with E-state index in [1.54, 1.807) is 0 Å². The van der Waals surface area contributed by atoms with Crippen molar-refractivity contribution in [1.29, 1.82) is 0 Å². The normalized spacial score (nSPS) is 14.0. The van der Waals surface area contributed by atoms with Gasteiger partial charge in [-0.05, 0) is 77.0 Å². The van der Waals surface area contributed by atoms with Crippen LogP contribution in [-0.2, 0) is 27.9 Å². The van der Waals surface area contributed by atoms with Crippen molar-refractivity contribution in [1.82, 2.24) is 0 Å². The van der Waals surface area contributed by atoms with Crippen molar-refractivity contribution in [3.8, 4) is 0 Å². The number of carbonyl (C=O) groups is 1. The first-order valence-electron chi connectivity index (χ1n) is 27.0. The first-order valence-corrected chi connectivity index (χ1v) is 28.5. The van der Waals surface area contributed by atoms with Crippen molar-refractivity contribution in [3.63, 3.8) is 0 Å². The van der Waals surface area contributed by atoms with Gasteiger partial charge in [0.25, 0.3) is 0 Å². The Morgan fingerprint density at radius 3 is 1.34 bits per heavy atom. The third-order valence-electron chi connectivity index (χ3n) is 11.6. The number of phosphoric ester groups is 1. The number of ether oxygens (including phenoxy) is 2. The summed E-state index contributed by atoms with van der Waals surface area (Å²) in [6.07, 6.45) is 62.7. The Morgan fingerprint density at radius 1 is 0.492 bits per heavy atom. The molecule has 65 heavy (non-hydrogen) atoms. The summed E-state index contributed by atoms with van der Waals surface area (Å²) >= 11 is 0. The average molecular weight is 935 g/mol. The van der Waals surface area contributed by atoms with Gasteiger partial charge >= 0.3 is 13.8 Å². The van der Waals surface area contributed by atoms with Crippen LogP contribution in [0.15, 0.2) is 60.8 Å². The van der Waals surface area contributed by atoms with Gasteiger partial charge in [0.1, 0.15) is 19.3 Å². The molecule has 0 radical (unpaired) electrons. The van der Waals surface area contributed by atoms with Crippen LogP contribution >= 0.6 is 7.82 Å². The van der Waals surface area contributed by atoms with Gasteiger partial charge < -0.3 is 18.9 Å². The number of phosphoric acid groups is 1. The number of hydrogen-bond acceptors (Lipinski definition) is 6. The molecule has 0 aromatic rings. The minimum atomic E-state index is -4.29. The zero-order chi connectivity index (χ0) is 47.6. The van der Waals surface area contributed by atoms with E-state index < -0.39 is 13.9 Å². The fraction of sp³-hybridized carbons (Fsp3) is 0.804. The number of rotatable bonds is 50. The van der Waals surface area contributed by atoms with E-state index in [0.717, 1.165) is 57.8 Å². The van der Waals surface area contributed by atoms with E-state index in [1.807, 2.05) is 21.1 Å². The SMILES string of the molecule is CC/C=C\C/C=C\C/C=C\CCCCCCCCCCOCC(COP(=O)(O)OCC[N+](C)(C)C)OC(=O)CCCCCCCCCCCCCCC/C=C\C/C=C\CCCCCCC. The second-order valence-electron chi connectivity index (χ2n) is 19.2. The largest absolute Gasteiger partial charge is 0.472 e. The quantitative estimate of drug-likeness (QED) is 0.0214. The Labute approximate surface area is 402 Å². The van der Waals surface area contributed by atoms with Crippen LogP contribution < -0.4 is 0 Å². The van der Waals surface area contributed by atoms with E-state index in [4.69, 9.17) is 18.5 Å². The maximum Gasteiger partial charge on any atom is 0.472 e. The van der Waals surface area contributed by atoms with Gasteiger partial charge in [-0.2, -0.15) is 0 Å². The lowest BCUT2D eigenvalue weighted by Crippen LogP contribution is -2.37. The van der Waals surface area contributed by atoms with E-state index in [2.05, 4.69) is 74.6 Å². The number of nitrogens with zero attached hydrogens (tertiary/aromatic N) is 1. The second kappa shape index (κ2) is 48.6. The summed E-state index contributed by atoms with van der Waals surface area (Å²) in [5.41, 5.74) is 0. The van der Waals surface area contributed by atoms with Crippen LogP contribution in [0, 0.1) is 0 Å². The predicted molar refractivity (Wildman–Crippen MR) is 279 cm³/mol. The van der Waals surface area contributed by atoms with Gasteiger partial charge in [-0.25, -0.2) is 4.57 Å². The molecule has 0 aliphatic carbocycles. The molecule has 380 valence electrons. The maximum atomic E-state index is 12.8. The summed E-state index contributed by atoms with van der Waals surface area (Å²) in [6.45, 7) is 5.51. The molecular formula is C56H105NO7P+. The average Bonchev–Trinajstić information content (AvgIpc) is 3.27. The maximum absolute atomic E-state index is 12.8. The van der Waals surface area contributed by atoms with Crippen molar-refractivity contribution >= 4 is 13.8 Å². The third-order valence-corrected chi connectivity index (χ3v) is 12.5. The summed E-state index contributed by atoms with van der Waals surface area (Å²) in [4.78, 5) is 23.0. The first-order chi connectivity index (χ1) is 31.6. The molecule has 2 atom stereocenters. The number of likely N-dealkylation sites (N-methyl/N-ethyl adjacent to an activating group) is 1. The fourth-order valence-electron chi connectivity index (χ4n) is 7.42. The van der Waals surface area contributed by atoms with Gasteiger partial charge in [0.2, 0.25) is 0 Å². The highest BCUT2D eigenvalue weighted by Gasteiger charge is 2.26. The van der Waals surface area contributed by atoms with Gasteiger partial charge in [0.05, 0.1) is 34.4 Å². The minimum absolute atomic E-state index is 0.0853. The molecular weight excluding hydrogens is 830 g/mol. The number of esters is 1. The summed E-state index contributed by atoms with van der Waals surface area (Å²) in [7, 11) is 1.66.